The van der Waals surface area contributed by atoms with Crippen LogP contribution < -0.4 is 5.32 Å². The minimum atomic E-state index is 0.0593. The van der Waals surface area contributed by atoms with E-state index in [1.165, 1.54) is 16.0 Å². The second-order valence-corrected chi connectivity index (χ2v) is 9.44. The number of carbonyl (C=O) groups is 1. The molecule has 0 saturated carbocycles. The average molecular weight is 440 g/mol. The monoisotopic (exact) mass is 439 g/mol. The van der Waals surface area contributed by atoms with E-state index in [2.05, 4.69) is 43.5 Å². The molecule has 1 unspecified atom stereocenters. The van der Waals surface area contributed by atoms with Crippen LogP contribution in [0.4, 0.5) is 11.5 Å². The number of nitrogens with one attached hydrogen (secondary N) is 1. The number of anilines is 2. The van der Waals surface area contributed by atoms with E-state index >= 15 is 0 Å². The van der Waals surface area contributed by atoms with E-state index in [1.54, 1.807) is 30.1 Å². The predicted octanol–water partition coefficient (Wildman–Crippen LogP) is 4.68. The fourth-order valence-corrected chi connectivity index (χ4v) is 5.91. The number of pyridine rings is 1. The number of fused-ring (bicyclic) bond motifs is 4. The van der Waals surface area contributed by atoms with Crippen LogP contribution in [0.2, 0.25) is 0 Å². The molecule has 1 aliphatic heterocycles. The van der Waals surface area contributed by atoms with E-state index < -0.39 is 0 Å². The molecule has 0 saturated heterocycles. The molecule has 7 heteroatoms. The van der Waals surface area contributed by atoms with E-state index in [0.717, 1.165) is 58.7 Å². The largest absolute Gasteiger partial charge is 0.340 e. The summed E-state index contributed by atoms with van der Waals surface area (Å²) in [7, 11) is 0. The highest BCUT2D eigenvalue weighted by molar-refractivity contribution is 7.19. The van der Waals surface area contributed by atoms with Gasteiger partial charge < -0.3 is 5.32 Å². The van der Waals surface area contributed by atoms with Gasteiger partial charge in [-0.25, -0.2) is 9.97 Å². The number of benzene rings is 1. The van der Waals surface area contributed by atoms with Gasteiger partial charge in [0.1, 0.15) is 22.8 Å². The van der Waals surface area contributed by atoms with Gasteiger partial charge in [0.2, 0.25) is 0 Å². The average Bonchev–Trinajstić information content (AvgIpc) is 3.43. The first-order valence-electron chi connectivity index (χ1n) is 10.8. The van der Waals surface area contributed by atoms with Gasteiger partial charge in [-0.2, -0.15) is 0 Å². The van der Waals surface area contributed by atoms with Gasteiger partial charge in [-0.3, -0.25) is 14.8 Å². The molecule has 0 spiro atoms. The van der Waals surface area contributed by atoms with E-state index in [-0.39, 0.29) is 5.92 Å². The van der Waals surface area contributed by atoms with Gasteiger partial charge in [-0.1, -0.05) is 6.07 Å². The van der Waals surface area contributed by atoms with Crippen molar-refractivity contribution in [3.05, 3.63) is 76.2 Å². The summed E-state index contributed by atoms with van der Waals surface area (Å²) in [4.78, 5) is 32.7. The Bertz CT molecular complexity index is 1360. The summed E-state index contributed by atoms with van der Waals surface area (Å²) in [6.45, 7) is 0.756. The molecule has 0 fully saturated rings. The van der Waals surface area contributed by atoms with Crippen molar-refractivity contribution in [2.45, 2.75) is 32.2 Å². The molecule has 2 aliphatic rings. The Morgan fingerprint density at radius 1 is 1.16 bits per heavy atom. The quantitative estimate of drug-likeness (QED) is 0.488. The highest BCUT2D eigenvalue weighted by atomic mass is 32.1. The first kappa shape index (κ1) is 19.3. The number of Topliss-reactive ketones (excluding diaryl/α,β-unsaturated/α-hetero) is 1. The zero-order chi connectivity index (χ0) is 21.5. The van der Waals surface area contributed by atoms with Crippen LogP contribution in [-0.2, 0) is 30.6 Å². The number of aromatic nitrogens is 3. The van der Waals surface area contributed by atoms with Crippen LogP contribution in [0.1, 0.15) is 33.6 Å². The second-order valence-electron chi connectivity index (χ2n) is 8.35. The molecule has 0 amide bonds. The summed E-state index contributed by atoms with van der Waals surface area (Å²) >= 11 is 1.70. The Kier molecular flexibility index (Phi) is 4.76. The van der Waals surface area contributed by atoms with E-state index in [9.17, 15) is 4.79 Å². The molecule has 4 heterocycles. The molecular formula is C25H21N5OS. The molecule has 6 nitrogen and oxygen atoms in total. The zero-order valence-electron chi connectivity index (χ0n) is 17.4. The maximum absolute atomic E-state index is 12.9. The molecule has 1 N–H and O–H groups in total. The third-order valence-corrected chi connectivity index (χ3v) is 7.49. The highest BCUT2D eigenvalue weighted by Gasteiger charge is 2.29. The van der Waals surface area contributed by atoms with Crippen molar-refractivity contribution < 1.29 is 4.79 Å². The van der Waals surface area contributed by atoms with Crippen LogP contribution in [0.25, 0.3) is 10.2 Å². The lowest BCUT2D eigenvalue weighted by atomic mass is 9.83. The maximum Gasteiger partial charge on any atom is 0.142 e. The van der Waals surface area contributed by atoms with Crippen molar-refractivity contribution in [2.24, 2.45) is 10.9 Å². The Morgan fingerprint density at radius 2 is 2.06 bits per heavy atom. The van der Waals surface area contributed by atoms with Crippen molar-refractivity contribution in [2.75, 3.05) is 5.32 Å². The molecule has 4 aromatic rings. The maximum atomic E-state index is 12.9. The lowest BCUT2D eigenvalue weighted by Crippen LogP contribution is -2.23. The van der Waals surface area contributed by atoms with Gasteiger partial charge in [0.25, 0.3) is 0 Å². The number of aryl methyl sites for hydroxylation is 1. The molecule has 1 aliphatic carbocycles. The fourth-order valence-electron chi connectivity index (χ4n) is 4.64. The summed E-state index contributed by atoms with van der Waals surface area (Å²) in [5.74, 6) is 1.21. The molecule has 1 atom stereocenters. The third-order valence-electron chi connectivity index (χ3n) is 6.33. The Hall–Kier alpha value is -3.45. The topological polar surface area (TPSA) is 80.1 Å². The molecule has 3 aromatic heterocycles. The number of aliphatic imine (C=N–C) groups is 1. The summed E-state index contributed by atoms with van der Waals surface area (Å²) in [5.41, 5.74) is 5.73. The van der Waals surface area contributed by atoms with Crippen molar-refractivity contribution in [3.63, 3.8) is 0 Å². The Morgan fingerprint density at radius 3 is 2.97 bits per heavy atom. The number of carbonyl (C=O) groups excluding carboxylic acids is 1. The Balaban J connectivity index is 1.27. The van der Waals surface area contributed by atoms with Gasteiger partial charge in [-0.05, 0) is 65.8 Å². The van der Waals surface area contributed by atoms with Gasteiger partial charge in [0, 0.05) is 41.5 Å². The summed E-state index contributed by atoms with van der Waals surface area (Å²) in [6.07, 6.45) is 10.0. The first-order chi connectivity index (χ1) is 15.7. The third kappa shape index (κ3) is 3.48. The van der Waals surface area contributed by atoms with E-state index in [0.29, 0.717) is 12.2 Å². The standard InChI is InChI=1S/C25H21N5OS/c31-21(9-15-5-7-26-8-6-15)16-2-4-20-22(11-16)32-25-23(20)24(28-14-29-25)30-19-3-1-17-12-27-13-18(17)10-19/h1,3,5-8,10,13-14,16H,2,4,9,11-12H2,(H,28,29,30). The fraction of sp³-hybridized carbons (Fsp3) is 0.240. The number of thiophene rings is 1. The number of hydrogen-bond acceptors (Lipinski definition) is 7. The number of ketones is 1. The van der Waals surface area contributed by atoms with Crippen LogP contribution in [0.5, 0.6) is 0 Å². The van der Waals surface area contributed by atoms with Crippen LogP contribution in [0.15, 0.2) is 54.0 Å². The summed E-state index contributed by atoms with van der Waals surface area (Å²) < 4.78 is 0. The SMILES string of the molecule is O=C(Cc1ccncc1)C1CCc2c(sc3ncnc(Nc4ccc5c(c4)C=NC5)c23)C1. The first-order valence-corrected chi connectivity index (χ1v) is 11.6. The zero-order valence-corrected chi connectivity index (χ0v) is 18.2. The van der Waals surface area contributed by atoms with Crippen LogP contribution in [0.3, 0.4) is 0 Å². The molecule has 0 radical (unpaired) electrons. The summed E-state index contributed by atoms with van der Waals surface area (Å²) in [6, 6.07) is 10.2. The molecule has 1 aromatic carbocycles. The van der Waals surface area contributed by atoms with Gasteiger partial charge in [0.15, 0.2) is 0 Å². The molecule has 32 heavy (non-hydrogen) atoms. The van der Waals surface area contributed by atoms with E-state index in [4.69, 9.17) is 0 Å². The minimum absolute atomic E-state index is 0.0593. The Labute approximate surface area is 189 Å². The molecule has 158 valence electrons. The van der Waals surface area contributed by atoms with Crippen LogP contribution in [-0.4, -0.2) is 26.9 Å². The predicted molar refractivity (Wildman–Crippen MR) is 127 cm³/mol. The van der Waals surface area contributed by atoms with Crippen molar-refractivity contribution in [3.8, 4) is 0 Å². The second kappa shape index (κ2) is 7.91. The van der Waals surface area contributed by atoms with Crippen LogP contribution >= 0.6 is 11.3 Å². The van der Waals surface area contributed by atoms with Crippen molar-refractivity contribution in [1.82, 2.24) is 15.0 Å². The lowest BCUT2D eigenvalue weighted by Gasteiger charge is -2.21. The molecule has 6 rings (SSSR count). The number of hydrogen-bond donors (Lipinski definition) is 1. The highest BCUT2D eigenvalue weighted by Crippen LogP contribution is 2.41. The normalized spacial score (nSPS) is 16.7. The lowest BCUT2D eigenvalue weighted by molar-refractivity contribution is -0.122. The molecule has 0 bridgehead atoms. The summed E-state index contributed by atoms with van der Waals surface area (Å²) in [5, 5.41) is 4.60. The minimum Gasteiger partial charge on any atom is -0.340 e. The van der Waals surface area contributed by atoms with E-state index in [1.807, 2.05) is 18.3 Å². The number of rotatable bonds is 5. The number of nitrogens with zero attached hydrogens (tertiary/aromatic N) is 4. The smallest absolute Gasteiger partial charge is 0.142 e. The van der Waals surface area contributed by atoms with Crippen molar-refractivity contribution in [1.29, 1.82) is 0 Å². The molecular weight excluding hydrogens is 418 g/mol. The van der Waals surface area contributed by atoms with Crippen LogP contribution in [0, 0.1) is 5.92 Å². The van der Waals surface area contributed by atoms with Gasteiger partial charge in [0.05, 0.1) is 11.9 Å². The van der Waals surface area contributed by atoms with Crippen molar-refractivity contribution >= 4 is 45.1 Å². The van der Waals surface area contributed by atoms with Gasteiger partial charge >= 0.3 is 0 Å². The van der Waals surface area contributed by atoms with Gasteiger partial charge in [-0.15, -0.1) is 11.3 Å².